The highest BCUT2D eigenvalue weighted by Gasteiger charge is 2.19. The van der Waals surface area contributed by atoms with Gasteiger partial charge < -0.3 is 10.1 Å². The summed E-state index contributed by atoms with van der Waals surface area (Å²) in [4.78, 5) is 15.8. The molecule has 0 fully saturated rings. The number of rotatable bonds is 1. The molecule has 0 atom stereocenters. The van der Waals surface area contributed by atoms with Gasteiger partial charge in [-0.15, -0.1) is 0 Å². The van der Waals surface area contributed by atoms with Gasteiger partial charge in [-0.3, -0.25) is 4.57 Å². The zero-order valence-electron chi connectivity index (χ0n) is 10.2. The van der Waals surface area contributed by atoms with Crippen molar-refractivity contribution in [1.29, 1.82) is 0 Å². The first-order valence-corrected chi connectivity index (χ1v) is 5.82. The Morgan fingerprint density at radius 2 is 2.06 bits per heavy atom. The minimum atomic E-state index is -0.278. The molecule has 5 heteroatoms. The van der Waals surface area contributed by atoms with Crippen molar-refractivity contribution in [3.63, 3.8) is 0 Å². The predicted octanol–water partition coefficient (Wildman–Crippen LogP) is 2.67. The Hall–Kier alpha value is -2.30. The summed E-state index contributed by atoms with van der Waals surface area (Å²) >= 11 is 0. The van der Waals surface area contributed by atoms with E-state index < -0.39 is 0 Å². The predicted molar refractivity (Wildman–Crippen MR) is 68.7 cm³/mol. The highest BCUT2D eigenvalue weighted by atomic mass is 16.5. The van der Waals surface area contributed by atoms with Gasteiger partial charge in [0.2, 0.25) is 0 Å². The Morgan fingerprint density at radius 3 is 2.83 bits per heavy atom. The van der Waals surface area contributed by atoms with Crippen LogP contribution in [0, 0.1) is 0 Å². The third kappa shape index (κ3) is 1.64. The van der Waals surface area contributed by atoms with Crippen molar-refractivity contribution in [2.75, 3.05) is 5.32 Å². The molecular weight excluding hydrogens is 230 g/mol. The van der Waals surface area contributed by atoms with Crippen LogP contribution in [0.3, 0.4) is 0 Å². The molecule has 1 N–H and O–H groups in total. The maximum atomic E-state index is 11.8. The van der Waals surface area contributed by atoms with Crippen LogP contribution >= 0.6 is 0 Å². The SMILES string of the molecule is CC(C)n1cc2c(nc1=O)Nc1ccccc1O2. The zero-order chi connectivity index (χ0) is 12.7. The van der Waals surface area contributed by atoms with Crippen LogP contribution in [0.4, 0.5) is 11.5 Å². The largest absolute Gasteiger partial charge is 0.450 e. The Bertz CT molecular complexity index is 662. The van der Waals surface area contributed by atoms with E-state index in [1.165, 1.54) is 0 Å². The van der Waals surface area contributed by atoms with Crippen molar-refractivity contribution in [2.45, 2.75) is 19.9 Å². The number of aromatic nitrogens is 2. The van der Waals surface area contributed by atoms with E-state index in [2.05, 4.69) is 10.3 Å². The molecule has 2 heterocycles. The number of benzene rings is 1. The number of ether oxygens (including phenoxy) is 1. The maximum Gasteiger partial charge on any atom is 0.350 e. The standard InChI is InChI=1S/C13H13N3O2/c1-8(2)16-7-11-12(15-13(16)17)14-9-5-3-4-6-10(9)18-11/h3-8H,1-2H3,(H,14,15,17). The fraction of sp³-hybridized carbons (Fsp3) is 0.231. The van der Waals surface area contributed by atoms with Crippen LogP contribution < -0.4 is 15.7 Å². The summed E-state index contributed by atoms with van der Waals surface area (Å²) in [5.41, 5.74) is 0.540. The second-order valence-electron chi connectivity index (χ2n) is 4.46. The summed E-state index contributed by atoms with van der Waals surface area (Å²) in [5, 5.41) is 3.10. The van der Waals surface area contributed by atoms with Gasteiger partial charge in [-0.25, -0.2) is 4.79 Å². The molecule has 1 aromatic carbocycles. The van der Waals surface area contributed by atoms with Gasteiger partial charge in [-0.1, -0.05) is 12.1 Å². The van der Waals surface area contributed by atoms with Crippen LogP contribution in [-0.2, 0) is 0 Å². The van der Waals surface area contributed by atoms with Gasteiger partial charge in [0.1, 0.15) is 0 Å². The van der Waals surface area contributed by atoms with Crippen LogP contribution in [0.2, 0.25) is 0 Å². The van der Waals surface area contributed by atoms with Gasteiger partial charge in [-0.05, 0) is 26.0 Å². The molecule has 0 bridgehead atoms. The van der Waals surface area contributed by atoms with E-state index in [0.717, 1.165) is 11.4 Å². The first-order chi connectivity index (χ1) is 8.65. The number of para-hydroxylation sites is 2. The Labute approximate surface area is 104 Å². The van der Waals surface area contributed by atoms with Gasteiger partial charge in [0, 0.05) is 6.04 Å². The molecule has 0 spiro atoms. The van der Waals surface area contributed by atoms with Crippen molar-refractivity contribution in [1.82, 2.24) is 9.55 Å². The molecule has 2 aromatic rings. The van der Waals surface area contributed by atoms with Gasteiger partial charge in [0.25, 0.3) is 0 Å². The van der Waals surface area contributed by atoms with E-state index in [1.807, 2.05) is 38.1 Å². The topological polar surface area (TPSA) is 56.2 Å². The molecule has 0 saturated heterocycles. The number of nitrogens with one attached hydrogen (secondary N) is 1. The van der Waals surface area contributed by atoms with Gasteiger partial charge in [0.05, 0.1) is 11.9 Å². The lowest BCUT2D eigenvalue weighted by atomic mass is 10.2. The number of hydrogen-bond donors (Lipinski definition) is 1. The number of nitrogens with zero attached hydrogens (tertiary/aromatic N) is 2. The van der Waals surface area contributed by atoms with Crippen LogP contribution in [-0.4, -0.2) is 9.55 Å². The van der Waals surface area contributed by atoms with Crippen LogP contribution in [0.1, 0.15) is 19.9 Å². The van der Waals surface area contributed by atoms with Gasteiger partial charge in [-0.2, -0.15) is 4.98 Å². The van der Waals surface area contributed by atoms with E-state index in [-0.39, 0.29) is 11.7 Å². The fourth-order valence-electron chi connectivity index (χ4n) is 1.89. The smallest absolute Gasteiger partial charge is 0.350 e. The summed E-state index contributed by atoms with van der Waals surface area (Å²) in [6.45, 7) is 3.86. The average Bonchev–Trinajstić information content (AvgIpc) is 2.35. The molecule has 0 radical (unpaired) electrons. The molecule has 0 saturated carbocycles. The third-order valence-corrected chi connectivity index (χ3v) is 2.83. The number of hydrogen-bond acceptors (Lipinski definition) is 4. The Balaban J connectivity index is 2.11. The second-order valence-corrected chi connectivity index (χ2v) is 4.46. The summed E-state index contributed by atoms with van der Waals surface area (Å²) in [7, 11) is 0. The Kier molecular flexibility index (Phi) is 2.33. The quantitative estimate of drug-likeness (QED) is 0.714. The molecule has 1 aliphatic rings. The Morgan fingerprint density at radius 1 is 1.28 bits per heavy atom. The van der Waals surface area contributed by atoms with Crippen molar-refractivity contribution in [3.8, 4) is 11.5 Å². The van der Waals surface area contributed by atoms with E-state index in [4.69, 9.17) is 4.74 Å². The molecule has 3 rings (SSSR count). The minimum absolute atomic E-state index is 0.0519. The molecule has 0 unspecified atom stereocenters. The first-order valence-electron chi connectivity index (χ1n) is 5.82. The summed E-state index contributed by atoms with van der Waals surface area (Å²) < 4.78 is 7.29. The molecule has 18 heavy (non-hydrogen) atoms. The van der Waals surface area contributed by atoms with Gasteiger partial charge in [0.15, 0.2) is 17.3 Å². The molecule has 0 amide bonds. The molecular formula is C13H13N3O2. The summed E-state index contributed by atoms with van der Waals surface area (Å²) in [6, 6.07) is 7.60. The van der Waals surface area contributed by atoms with Crippen molar-refractivity contribution in [3.05, 3.63) is 40.9 Å². The lowest BCUT2D eigenvalue weighted by Crippen LogP contribution is -2.26. The molecule has 5 nitrogen and oxygen atoms in total. The van der Waals surface area contributed by atoms with Crippen molar-refractivity contribution in [2.24, 2.45) is 0 Å². The highest BCUT2D eigenvalue weighted by Crippen LogP contribution is 2.39. The minimum Gasteiger partial charge on any atom is -0.450 e. The maximum absolute atomic E-state index is 11.8. The first kappa shape index (κ1) is 10.8. The highest BCUT2D eigenvalue weighted by molar-refractivity contribution is 5.72. The van der Waals surface area contributed by atoms with Crippen LogP contribution in [0.15, 0.2) is 35.3 Å². The number of fused-ring (bicyclic) bond motifs is 2. The third-order valence-electron chi connectivity index (χ3n) is 2.83. The lowest BCUT2D eigenvalue weighted by molar-refractivity contribution is 0.457. The lowest BCUT2D eigenvalue weighted by Gasteiger charge is -2.21. The van der Waals surface area contributed by atoms with Crippen LogP contribution in [0.25, 0.3) is 0 Å². The molecule has 1 aromatic heterocycles. The number of anilines is 2. The molecule has 1 aliphatic heterocycles. The second kappa shape index (κ2) is 3.87. The fourth-order valence-corrected chi connectivity index (χ4v) is 1.89. The van der Waals surface area contributed by atoms with Crippen molar-refractivity contribution < 1.29 is 4.74 Å². The zero-order valence-corrected chi connectivity index (χ0v) is 10.2. The average molecular weight is 243 g/mol. The monoisotopic (exact) mass is 243 g/mol. The van der Waals surface area contributed by atoms with E-state index in [9.17, 15) is 4.79 Å². The van der Waals surface area contributed by atoms with E-state index in [0.29, 0.717) is 11.6 Å². The molecule has 92 valence electrons. The normalized spacial score (nSPS) is 12.4. The van der Waals surface area contributed by atoms with Gasteiger partial charge >= 0.3 is 5.69 Å². The van der Waals surface area contributed by atoms with Crippen molar-refractivity contribution >= 4 is 11.5 Å². The summed E-state index contributed by atoms with van der Waals surface area (Å²) in [6.07, 6.45) is 1.69. The molecule has 0 aliphatic carbocycles. The van der Waals surface area contributed by atoms with E-state index in [1.54, 1.807) is 10.8 Å². The van der Waals surface area contributed by atoms with E-state index >= 15 is 0 Å². The summed E-state index contributed by atoms with van der Waals surface area (Å²) in [5.74, 6) is 1.78. The van der Waals surface area contributed by atoms with Crippen LogP contribution in [0.5, 0.6) is 11.5 Å².